The Hall–Kier alpha value is -2.56. The van der Waals surface area contributed by atoms with Crippen molar-refractivity contribution in [2.45, 2.75) is 13.0 Å². The van der Waals surface area contributed by atoms with Crippen molar-refractivity contribution in [1.82, 2.24) is 0 Å². The highest BCUT2D eigenvalue weighted by Crippen LogP contribution is 2.25. The molecule has 0 fully saturated rings. The van der Waals surface area contributed by atoms with Crippen LogP contribution in [0.2, 0.25) is 0 Å². The minimum absolute atomic E-state index is 0.215. The largest absolute Gasteiger partial charge is 0.508 e. The first-order chi connectivity index (χ1) is 10.1. The number of hydrogen-bond donors (Lipinski definition) is 2. The van der Waals surface area contributed by atoms with E-state index in [0.717, 1.165) is 6.07 Å². The van der Waals surface area contributed by atoms with Crippen LogP contribution in [-0.2, 0) is 9.53 Å². The number of ether oxygens (including phenoxy) is 1. The molecular formula is C16H16FNO3. The van der Waals surface area contributed by atoms with Crippen molar-refractivity contribution >= 4 is 11.7 Å². The van der Waals surface area contributed by atoms with Gasteiger partial charge in [0, 0.05) is 11.8 Å². The van der Waals surface area contributed by atoms with Crippen molar-refractivity contribution in [2.24, 2.45) is 0 Å². The topological polar surface area (TPSA) is 58.6 Å². The highest BCUT2D eigenvalue weighted by atomic mass is 19.1. The van der Waals surface area contributed by atoms with Crippen molar-refractivity contribution in [1.29, 1.82) is 0 Å². The summed E-state index contributed by atoms with van der Waals surface area (Å²) in [6.45, 7) is 1.91. The van der Waals surface area contributed by atoms with Crippen LogP contribution in [0, 0.1) is 5.82 Å². The minimum Gasteiger partial charge on any atom is -0.508 e. The van der Waals surface area contributed by atoms with Crippen LogP contribution in [0.15, 0.2) is 48.5 Å². The zero-order chi connectivity index (χ0) is 15.2. The normalized spacial score (nSPS) is 11.7. The number of phenols is 1. The van der Waals surface area contributed by atoms with E-state index in [1.807, 2.05) is 18.2 Å². The third-order valence-corrected chi connectivity index (χ3v) is 2.85. The van der Waals surface area contributed by atoms with Gasteiger partial charge in [0.05, 0.1) is 6.61 Å². The van der Waals surface area contributed by atoms with Gasteiger partial charge < -0.3 is 15.2 Å². The molecule has 4 nitrogen and oxygen atoms in total. The first-order valence-corrected chi connectivity index (χ1v) is 6.58. The summed E-state index contributed by atoms with van der Waals surface area (Å²) < 4.78 is 18.4. The van der Waals surface area contributed by atoms with E-state index >= 15 is 0 Å². The first kappa shape index (κ1) is 14.8. The second-order valence-corrected chi connectivity index (χ2v) is 4.44. The fourth-order valence-corrected chi connectivity index (χ4v) is 1.97. The Bertz CT molecular complexity index is 596. The van der Waals surface area contributed by atoms with E-state index in [4.69, 9.17) is 4.74 Å². The minimum atomic E-state index is -0.894. The molecule has 0 aliphatic heterocycles. The van der Waals surface area contributed by atoms with E-state index in [-0.39, 0.29) is 12.4 Å². The Morgan fingerprint density at radius 1 is 1.29 bits per heavy atom. The molecule has 21 heavy (non-hydrogen) atoms. The van der Waals surface area contributed by atoms with E-state index in [0.29, 0.717) is 11.3 Å². The van der Waals surface area contributed by atoms with E-state index in [2.05, 4.69) is 5.32 Å². The first-order valence-electron chi connectivity index (χ1n) is 6.58. The van der Waals surface area contributed by atoms with Crippen molar-refractivity contribution in [3.05, 3.63) is 59.9 Å². The number of nitrogens with one attached hydrogen (secondary N) is 1. The summed E-state index contributed by atoms with van der Waals surface area (Å²) in [6, 6.07) is 11.6. The van der Waals surface area contributed by atoms with Gasteiger partial charge in [-0.15, -0.1) is 0 Å². The molecule has 2 N–H and O–H groups in total. The molecular weight excluding hydrogens is 273 g/mol. The number of benzene rings is 2. The molecule has 0 bridgehead atoms. The third-order valence-electron chi connectivity index (χ3n) is 2.85. The third kappa shape index (κ3) is 3.95. The van der Waals surface area contributed by atoms with E-state index in [1.165, 1.54) is 12.1 Å². The predicted molar refractivity (Wildman–Crippen MR) is 77.5 cm³/mol. The lowest BCUT2D eigenvalue weighted by Gasteiger charge is -2.19. The Morgan fingerprint density at radius 3 is 2.62 bits per heavy atom. The number of halogens is 1. The number of phenolic OH excluding ortho intramolecular Hbond substituents is 1. The van der Waals surface area contributed by atoms with Gasteiger partial charge in [0.2, 0.25) is 0 Å². The van der Waals surface area contributed by atoms with Crippen molar-refractivity contribution in [3.8, 4) is 5.75 Å². The molecule has 0 saturated carbocycles. The maximum atomic E-state index is 13.4. The van der Waals surface area contributed by atoms with Crippen molar-refractivity contribution in [3.63, 3.8) is 0 Å². The Labute approximate surface area is 122 Å². The predicted octanol–water partition coefficient (Wildman–Crippen LogP) is 3.25. The number of anilines is 1. The van der Waals surface area contributed by atoms with Crippen molar-refractivity contribution < 1.29 is 19.0 Å². The molecule has 0 amide bonds. The summed E-state index contributed by atoms with van der Waals surface area (Å²) in [4.78, 5) is 12.1. The van der Waals surface area contributed by atoms with Gasteiger partial charge in [-0.3, -0.25) is 0 Å². The number of para-hydroxylation sites is 1. The molecule has 5 heteroatoms. The monoisotopic (exact) mass is 289 g/mol. The molecule has 0 aliphatic rings. The van der Waals surface area contributed by atoms with Crippen molar-refractivity contribution in [2.75, 3.05) is 11.9 Å². The summed E-state index contributed by atoms with van der Waals surface area (Å²) in [5.74, 6) is -1.39. The van der Waals surface area contributed by atoms with E-state index in [1.54, 1.807) is 19.1 Å². The molecule has 110 valence electrons. The number of rotatable bonds is 5. The molecule has 2 aromatic carbocycles. The summed E-state index contributed by atoms with van der Waals surface area (Å²) in [7, 11) is 0. The average molecular weight is 289 g/mol. The van der Waals surface area contributed by atoms with Gasteiger partial charge in [0.1, 0.15) is 11.6 Å². The molecule has 0 aromatic heterocycles. The van der Waals surface area contributed by atoms with Crippen LogP contribution in [0.25, 0.3) is 0 Å². The van der Waals surface area contributed by atoms with Gasteiger partial charge in [-0.1, -0.05) is 18.2 Å². The van der Waals surface area contributed by atoms with Crippen LogP contribution in [0.4, 0.5) is 10.1 Å². The second kappa shape index (κ2) is 6.74. The van der Waals surface area contributed by atoms with Gasteiger partial charge >= 0.3 is 5.97 Å². The molecule has 0 aliphatic carbocycles. The summed E-state index contributed by atoms with van der Waals surface area (Å²) in [6.07, 6.45) is 0. The summed E-state index contributed by atoms with van der Waals surface area (Å²) >= 11 is 0. The van der Waals surface area contributed by atoms with Crippen LogP contribution in [0.5, 0.6) is 5.75 Å². The number of carbonyl (C=O) groups is 1. The highest BCUT2D eigenvalue weighted by Gasteiger charge is 2.23. The van der Waals surface area contributed by atoms with Crippen LogP contribution < -0.4 is 5.32 Å². The number of aromatic hydroxyl groups is 1. The Kier molecular flexibility index (Phi) is 4.77. The van der Waals surface area contributed by atoms with Crippen LogP contribution in [-0.4, -0.2) is 17.7 Å². The molecule has 0 radical (unpaired) electrons. The van der Waals surface area contributed by atoms with E-state index < -0.39 is 17.8 Å². The fraction of sp³-hybridized carbons (Fsp3) is 0.188. The smallest absolute Gasteiger partial charge is 0.333 e. The molecule has 0 saturated heterocycles. The second-order valence-electron chi connectivity index (χ2n) is 4.44. The maximum absolute atomic E-state index is 13.4. The fourth-order valence-electron chi connectivity index (χ4n) is 1.97. The Morgan fingerprint density at radius 2 is 2.00 bits per heavy atom. The Balaban J connectivity index is 2.33. The van der Waals surface area contributed by atoms with Gasteiger partial charge in [0.15, 0.2) is 6.04 Å². The average Bonchev–Trinajstić information content (AvgIpc) is 2.45. The lowest BCUT2D eigenvalue weighted by atomic mass is 10.1. The lowest BCUT2D eigenvalue weighted by molar-refractivity contribution is -0.144. The molecule has 0 spiro atoms. The molecule has 1 atom stereocenters. The molecule has 0 heterocycles. The number of carbonyl (C=O) groups excluding carboxylic acids is 1. The van der Waals surface area contributed by atoms with Crippen LogP contribution in [0.3, 0.4) is 0 Å². The van der Waals surface area contributed by atoms with Gasteiger partial charge in [0.25, 0.3) is 0 Å². The number of esters is 1. The van der Waals surface area contributed by atoms with Crippen LogP contribution in [0.1, 0.15) is 18.5 Å². The molecule has 1 unspecified atom stereocenters. The van der Waals surface area contributed by atoms with Gasteiger partial charge in [-0.2, -0.15) is 0 Å². The maximum Gasteiger partial charge on any atom is 0.333 e. The van der Waals surface area contributed by atoms with Gasteiger partial charge in [-0.25, -0.2) is 9.18 Å². The lowest BCUT2D eigenvalue weighted by Crippen LogP contribution is -2.23. The molecule has 2 aromatic rings. The zero-order valence-electron chi connectivity index (χ0n) is 11.5. The standard InChI is InChI=1S/C16H16FNO3/c1-2-21-16(20)15(18-13-6-4-3-5-7-13)11-8-12(17)10-14(19)9-11/h3-10,15,18-19H,2H2,1H3. The van der Waals surface area contributed by atoms with Gasteiger partial charge in [-0.05, 0) is 36.8 Å². The summed E-state index contributed by atoms with van der Waals surface area (Å²) in [5, 5.41) is 12.5. The molecule has 2 rings (SSSR count). The number of hydrogen-bond acceptors (Lipinski definition) is 4. The quantitative estimate of drug-likeness (QED) is 0.830. The summed E-state index contributed by atoms with van der Waals surface area (Å²) in [5.41, 5.74) is 0.995. The zero-order valence-corrected chi connectivity index (χ0v) is 11.5. The van der Waals surface area contributed by atoms with Crippen LogP contribution >= 0.6 is 0 Å². The van der Waals surface area contributed by atoms with E-state index in [9.17, 15) is 14.3 Å². The SMILES string of the molecule is CCOC(=O)C(Nc1ccccc1)c1cc(O)cc(F)c1. The highest BCUT2D eigenvalue weighted by molar-refractivity contribution is 5.81.